The molecule has 1 aromatic carbocycles. The number of hydrogen-bond acceptors (Lipinski definition) is 3. The molecular weight excluding hydrogens is 222 g/mol. The summed E-state index contributed by atoms with van der Waals surface area (Å²) in [7, 11) is 2.16. The third kappa shape index (κ3) is 2.32. The Hall–Kier alpha value is -1.22. The Kier molecular flexibility index (Phi) is 4.12. The van der Waals surface area contributed by atoms with E-state index in [-0.39, 0.29) is 0 Å². The molecule has 0 radical (unpaired) electrons. The summed E-state index contributed by atoms with van der Waals surface area (Å²) < 4.78 is 0. The van der Waals surface area contributed by atoms with Gasteiger partial charge in [0.05, 0.1) is 11.4 Å². The molecule has 0 bridgehead atoms. The molecule has 1 aliphatic heterocycles. The normalized spacial score (nSPS) is 18.4. The lowest BCUT2D eigenvalue weighted by Crippen LogP contribution is -2.50. The van der Waals surface area contributed by atoms with Crippen molar-refractivity contribution >= 4 is 11.4 Å². The van der Waals surface area contributed by atoms with E-state index in [9.17, 15) is 0 Å². The number of nitrogens with zero attached hydrogens (tertiary/aromatic N) is 2. The van der Waals surface area contributed by atoms with E-state index >= 15 is 0 Å². The van der Waals surface area contributed by atoms with Gasteiger partial charge in [-0.05, 0) is 18.1 Å². The molecule has 0 spiro atoms. The summed E-state index contributed by atoms with van der Waals surface area (Å²) in [5.74, 6) is 0.631. The van der Waals surface area contributed by atoms with Crippen LogP contribution < -0.4 is 15.5 Å². The SMILES string of the molecule is CCC(C)C(CN)N1CCN(C)c2ccccc21. The molecule has 18 heavy (non-hydrogen) atoms. The minimum absolute atomic E-state index is 0.449. The van der Waals surface area contributed by atoms with Crippen LogP contribution in [-0.2, 0) is 0 Å². The fourth-order valence-electron chi connectivity index (χ4n) is 2.81. The molecule has 0 fully saturated rings. The van der Waals surface area contributed by atoms with Crippen molar-refractivity contribution in [2.75, 3.05) is 36.5 Å². The van der Waals surface area contributed by atoms with Crippen molar-refractivity contribution in [1.29, 1.82) is 0 Å². The van der Waals surface area contributed by atoms with Crippen LogP contribution in [0.15, 0.2) is 24.3 Å². The lowest BCUT2D eigenvalue weighted by molar-refractivity contribution is 0.416. The van der Waals surface area contributed by atoms with Gasteiger partial charge in [-0.1, -0.05) is 32.4 Å². The molecule has 2 unspecified atom stereocenters. The van der Waals surface area contributed by atoms with Crippen LogP contribution in [0.25, 0.3) is 0 Å². The second-order valence-corrected chi connectivity index (χ2v) is 5.29. The van der Waals surface area contributed by atoms with Gasteiger partial charge < -0.3 is 15.5 Å². The predicted molar refractivity (Wildman–Crippen MR) is 79.4 cm³/mol. The number of para-hydroxylation sites is 2. The van der Waals surface area contributed by atoms with Crippen LogP contribution in [-0.4, -0.2) is 32.7 Å². The van der Waals surface area contributed by atoms with Gasteiger partial charge in [0, 0.05) is 32.7 Å². The molecular formula is C15H25N3. The maximum absolute atomic E-state index is 6.02. The molecule has 3 heteroatoms. The van der Waals surface area contributed by atoms with Crippen LogP contribution in [0.4, 0.5) is 11.4 Å². The van der Waals surface area contributed by atoms with E-state index in [1.807, 2.05) is 0 Å². The number of likely N-dealkylation sites (N-methyl/N-ethyl adjacent to an activating group) is 1. The lowest BCUT2D eigenvalue weighted by atomic mass is 9.96. The first-order valence-electron chi connectivity index (χ1n) is 6.95. The minimum atomic E-state index is 0.449. The Labute approximate surface area is 111 Å². The number of anilines is 2. The van der Waals surface area contributed by atoms with Crippen LogP contribution in [0, 0.1) is 5.92 Å². The second kappa shape index (κ2) is 5.61. The molecule has 100 valence electrons. The molecule has 2 atom stereocenters. The Bertz CT molecular complexity index is 391. The first-order chi connectivity index (χ1) is 8.69. The summed E-state index contributed by atoms with van der Waals surface area (Å²) in [6.07, 6.45) is 1.18. The molecule has 2 rings (SSSR count). The zero-order chi connectivity index (χ0) is 13.1. The van der Waals surface area contributed by atoms with E-state index in [2.05, 4.69) is 55.0 Å². The highest BCUT2D eigenvalue weighted by Crippen LogP contribution is 2.34. The molecule has 0 amide bonds. The third-order valence-corrected chi connectivity index (χ3v) is 4.22. The summed E-state index contributed by atoms with van der Waals surface area (Å²) in [4.78, 5) is 4.83. The highest BCUT2D eigenvalue weighted by atomic mass is 15.3. The van der Waals surface area contributed by atoms with Gasteiger partial charge in [0.2, 0.25) is 0 Å². The van der Waals surface area contributed by atoms with Crippen LogP contribution in [0.3, 0.4) is 0 Å². The second-order valence-electron chi connectivity index (χ2n) is 5.29. The van der Waals surface area contributed by atoms with Crippen LogP contribution in [0.5, 0.6) is 0 Å². The molecule has 3 nitrogen and oxygen atoms in total. The van der Waals surface area contributed by atoms with E-state index in [0.29, 0.717) is 12.0 Å². The summed E-state index contributed by atoms with van der Waals surface area (Å²) in [6, 6.07) is 9.10. The van der Waals surface area contributed by atoms with Crippen molar-refractivity contribution < 1.29 is 0 Å². The molecule has 1 aliphatic rings. The minimum Gasteiger partial charge on any atom is -0.371 e. The number of hydrogen-bond donors (Lipinski definition) is 1. The summed E-state index contributed by atoms with van der Waals surface area (Å²) in [5.41, 5.74) is 8.68. The topological polar surface area (TPSA) is 32.5 Å². The highest BCUT2D eigenvalue weighted by Gasteiger charge is 2.27. The van der Waals surface area contributed by atoms with E-state index in [1.165, 1.54) is 17.8 Å². The van der Waals surface area contributed by atoms with Crippen LogP contribution in [0.2, 0.25) is 0 Å². The van der Waals surface area contributed by atoms with Gasteiger partial charge in [0.1, 0.15) is 0 Å². The Morgan fingerprint density at radius 3 is 2.50 bits per heavy atom. The van der Waals surface area contributed by atoms with Gasteiger partial charge in [-0.3, -0.25) is 0 Å². The zero-order valence-electron chi connectivity index (χ0n) is 11.8. The largest absolute Gasteiger partial charge is 0.371 e. The number of benzene rings is 1. The molecule has 0 aromatic heterocycles. The molecule has 0 saturated carbocycles. The number of nitrogens with two attached hydrogens (primary N) is 1. The van der Waals surface area contributed by atoms with Crippen molar-refractivity contribution in [3.05, 3.63) is 24.3 Å². The summed E-state index contributed by atoms with van der Waals surface area (Å²) >= 11 is 0. The van der Waals surface area contributed by atoms with E-state index < -0.39 is 0 Å². The highest BCUT2D eigenvalue weighted by molar-refractivity contribution is 5.73. The Morgan fingerprint density at radius 2 is 1.89 bits per heavy atom. The van der Waals surface area contributed by atoms with E-state index in [4.69, 9.17) is 5.73 Å². The molecule has 0 aliphatic carbocycles. The quantitative estimate of drug-likeness (QED) is 0.886. The molecule has 0 saturated heterocycles. The number of rotatable bonds is 4. The average molecular weight is 247 g/mol. The Morgan fingerprint density at radius 1 is 1.22 bits per heavy atom. The Balaban J connectivity index is 2.32. The monoisotopic (exact) mass is 247 g/mol. The van der Waals surface area contributed by atoms with E-state index in [1.54, 1.807) is 0 Å². The predicted octanol–water partition coefficient (Wildman–Crippen LogP) is 2.32. The van der Waals surface area contributed by atoms with E-state index in [0.717, 1.165) is 19.6 Å². The molecule has 2 N–H and O–H groups in total. The van der Waals surface area contributed by atoms with Gasteiger partial charge >= 0.3 is 0 Å². The van der Waals surface area contributed by atoms with Gasteiger partial charge in [-0.15, -0.1) is 0 Å². The fraction of sp³-hybridized carbons (Fsp3) is 0.600. The van der Waals surface area contributed by atoms with Gasteiger partial charge in [-0.2, -0.15) is 0 Å². The fourth-order valence-corrected chi connectivity index (χ4v) is 2.81. The first-order valence-corrected chi connectivity index (χ1v) is 6.95. The maximum Gasteiger partial charge on any atom is 0.0607 e. The van der Waals surface area contributed by atoms with Gasteiger partial charge in [0.25, 0.3) is 0 Å². The van der Waals surface area contributed by atoms with Gasteiger partial charge in [-0.25, -0.2) is 0 Å². The van der Waals surface area contributed by atoms with Crippen molar-refractivity contribution in [1.82, 2.24) is 0 Å². The average Bonchev–Trinajstić information content (AvgIpc) is 2.42. The third-order valence-electron chi connectivity index (χ3n) is 4.22. The number of fused-ring (bicyclic) bond motifs is 1. The first kappa shape index (κ1) is 13.2. The standard InChI is InChI=1S/C15H25N3/c1-4-12(2)15(11-16)18-10-9-17(3)13-7-5-6-8-14(13)18/h5-8,12,15H,4,9-11,16H2,1-3H3. The molecule has 1 aromatic rings. The summed E-state index contributed by atoms with van der Waals surface area (Å²) in [6.45, 7) is 7.42. The van der Waals surface area contributed by atoms with Gasteiger partial charge in [0.15, 0.2) is 0 Å². The smallest absolute Gasteiger partial charge is 0.0607 e. The summed E-state index contributed by atoms with van der Waals surface area (Å²) in [5, 5.41) is 0. The van der Waals surface area contributed by atoms with Crippen LogP contribution >= 0.6 is 0 Å². The van der Waals surface area contributed by atoms with Crippen molar-refractivity contribution in [3.63, 3.8) is 0 Å². The van der Waals surface area contributed by atoms with Crippen molar-refractivity contribution in [2.45, 2.75) is 26.3 Å². The molecule has 1 heterocycles. The maximum atomic E-state index is 6.02. The van der Waals surface area contributed by atoms with Crippen molar-refractivity contribution in [3.8, 4) is 0 Å². The van der Waals surface area contributed by atoms with Crippen molar-refractivity contribution in [2.24, 2.45) is 11.7 Å². The lowest BCUT2D eigenvalue weighted by Gasteiger charge is -2.43. The zero-order valence-corrected chi connectivity index (χ0v) is 11.8. The van der Waals surface area contributed by atoms with Crippen LogP contribution in [0.1, 0.15) is 20.3 Å².